The van der Waals surface area contributed by atoms with E-state index in [1.54, 1.807) is 4.90 Å². The molecule has 1 atom stereocenters. The molecule has 2 aliphatic rings. The first-order valence-electron chi connectivity index (χ1n) is 8.72. The van der Waals surface area contributed by atoms with E-state index < -0.39 is 5.60 Å². The SMILES string of the molecule is CC(C)(C)OC(=O)N1C[C@@H](CO)N(Cc2ccccc2)C2(CC2)C1. The molecule has 1 aliphatic carbocycles. The molecule has 3 rings (SSSR count). The molecule has 1 aromatic carbocycles. The summed E-state index contributed by atoms with van der Waals surface area (Å²) in [4.78, 5) is 16.6. The van der Waals surface area contributed by atoms with Crippen LogP contribution < -0.4 is 0 Å². The molecule has 0 radical (unpaired) electrons. The summed E-state index contributed by atoms with van der Waals surface area (Å²) in [5.41, 5.74) is 0.746. The Morgan fingerprint density at radius 1 is 1.29 bits per heavy atom. The van der Waals surface area contributed by atoms with Gasteiger partial charge in [0.1, 0.15) is 5.60 Å². The quantitative estimate of drug-likeness (QED) is 0.924. The van der Waals surface area contributed by atoms with E-state index >= 15 is 0 Å². The molecule has 5 nitrogen and oxygen atoms in total. The van der Waals surface area contributed by atoms with Crippen molar-refractivity contribution in [1.82, 2.24) is 9.80 Å². The van der Waals surface area contributed by atoms with Crippen LogP contribution in [0.4, 0.5) is 4.79 Å². The van der Waals surface area contributed by atoms with E-state index in [-0.39, 0.29) is 24.3 Å². The van der Waals surface area contributed by atoms with Gasteiger partial charge in [0.05, 0.1) is 12.6 Å². The van der Waals surface area contributed by atoms with Crippen LogP contribution in [0.25, 0.3) is 0 Å². The number of aliphatic hydroxyl groups is 1. The van der Waals surface area contributed by atoms with Crippen molar-refractivity contribution < 1.29 is 14.6 Å². The van der Waals surface area contributed by atoms with Crippen LogP contribution >= 0.6 is 0 Å². The summed E-state index contributed by atoms with van der Waals surface area (Å²) < 4.78 is 5.53. The lowest BCUT2D eigenvalue weighted by atomic mass is 10.0. The molecule has 0 bridgehead atoms. The number of rotatable bonds is 3. The highest BCUT2D eigenvalue weighted by atomic mass is 16.6. The second-order valence-electron chi connectivity index (χ2n) is 8.04. The van der Waals surface area contributed by atoms with Gasteiger partial charge in [0.25, 0.3) is 0 Å². The maximum Gasteiger partial charge on any atom is 0.410 e. The second kappa shape index (κ2) is 6.37. The van der Waals surface area contributed by atoms with Gasteiger partial charge in [-0.05, 0) is 39.2 Å². The van der Waals surface area contributed by atoms with Crippen LogP contribution in [-0.2, 0) is 11.3 Å². The molecule has 1 saturated carbocycles. The molecule has 1 amide bonds. The largest absolute Gasteiger partial charge is 0.444 e. The smallest absolute Gasteiger partial charge is 0.410 e. The lowest BCUT2D eigenvalue weighted by Crippen LogP contribution is -2.62. The third-order valence-corrected chi connectivity index (χ3v) is 4.85. The van der Waals surface area contributed by atoms with Gasteiger partial charge in [0, 0.05) is 25.2 Å². The number of carbonyl (C=O) groups excluding carboxylic acids is 1. The molecule has 1 saturated heterocycles. The van der Waals surface area contributed by atoms with Crippen LogP contribution in [0.3, 0.4) is 0 Å². The van der Waals surface area contributed by atoms with Crippen molar-refractivity contribution in [1.29, 1.82) is 0 Å². The van der Waals surface area contributed by atoms with Gasteiger partial charge in [-0.15, -0.1) is 0 Å². The molecule has 5 heteroatoms. The highest BCUT2D eigenvalue weighted by molar-refractivity contribution is 5.68. The monoisotopic (exact) mass is 332 g/mol. The fraction of sp³-hybridized carbons (Fsp3) is 0.632. The van der Waals surface area contributed by atoms with E-state index in [2.05, 4.69) is 17.0 Å². The van der Waals surface area contributed by atoms with Gasteiger partial charge in [0.15, 0.2) is 0 Å². The lowest BCUT2D eigenvalue weighted by Gasteiger charge is -2.47. The highest BCUT2D eigenvalue weighted by Crippen LogP contribution is 2.46. The topological polar surface area (TPSA) is 53.0 Å². The van der Waals surface area contributed by atoms with Gasteiger partial charge >= 0.3 is 6.09 Å². The molecular formula is C19H28N2O3. The average molecular weight is 332 g/mol. The number of carbonyl (C=O) groups is 1. The Morgan fingerprint density at radius 2 is 1.96 bits per heavy atom. The third kappa shape index (κ3) is 3.73. The minimum absolute atomic E-state index is 0.00159. The summed E-state index contributed by atoms with van der Waals surface area (Å²) in [6.45, 7) is 7.71. The molecule has 2 fully saturated rings. The fourth-order valence-electron chi connectivity index (χ4n) is 3.54. The molecule has 24 heavy (non-hydrogen) atoms. The predicted octanol–water partition coefficient (Wildman–Crippen LogP) is 2.63. The Bertz CT molecular complexity index is 578. The number of hydrogen-bond acceptors (Lipinski definition) is 4. The molecule has 0 unspecified atom stereocenters. The van der Waals surface area contributed by atoms with E-state index in [0.29, 0.717) is 13.1 Å². The summed E-state index contributed by atoms with van der Waals surface area (Å²) in [5, 5.41) is 9.91. The predicted molar refractivity (Wildman–Crippen MR) is 92.6 cm³/mol. The van der Waals surface area contributed by atoms with Crippen LogP contribution in [-0.4, -0.2) is 57.9 Å². The molecule has 1 spiro atoms. The first-order chi connectivity index (χ1) is 11.3. The Morgan fingerprint density at radius 3 is 2.50 bits per heavy atom. The zero-order valence-corrected chi connectivity index (χ0v) is 14.9. The zero-order chi connectivity index (χ0) is 17.4. The van der Waals surface area contributed by atoms with Crippen molar-refractivity contribution in [2.75, 3.05) is 19.7 Å². The van der Waals surface area contributed by atoms with Crippen LogP contribution in [0.1, 0.15) is 39.2 Å². The maximum absolute atomic E-state index is 12.5. The highest BCUT2D eigenvalue weighted by Gasteiger charge is 2.55. The number of nitrogens with zero attached hydrogens (tertiary/aromatic N) is 2. The van der Waals surface area contributed by atoms with Gasteiger partial charge in [-0.25, -0.2) is 4.79 Å². The van der Waals surface area contributed by atoms with Crippen LogP contribution in [0.5, 0.6) is 0 Å². The second-order valence-corrected chi connectivity index (χ2v) is 8.04. The van der Waals surface area contributed by atoms with Crippen molar-refractivity contribution in [3.8, 4) is 0 Å². The molecule has 132 valence electrons. The van der Waals surface area contributed by atoms with Crippen molar-refractivity contribution in [3.05, 3.63) is 35.9 Å². The van der Waals surface area contributed by atoms with Crippen molar-refractivity contribution in [2.45, 2.75) is 57.3 Å². The van der Waals surface area contributed by atoms with E-state index in [4.69, 9.17) is 4.74 Å². The van der Waals surface area contributed by atoms with E-state index in [1.807, 2.05) is 39.0 Å². The minimum atomic E-state index is -0.496. The van der Waals surface area contributed by atoms with Crippen molar-refractivity contribution in [3.63, 3.8) is 0 Å². The van der Waals surface area contributed by atoms with E-state index in [0.717, 1.165) is 19.4 Å². The van der Waals surface area contributed by atoms with Gasteiger partial charge in [-0.1, -0.05) is 30.3 Å². The van der Waals surface area contributed by atoms with Crippen molar-refractivity contribution >= 4 is 6.09 Å². The van der Waals surface area contributed by atoms with Crippen LogP contribution in [0.15, 0.2) is 30.3 Å². The summed E-state index contributed by atoms with van der Waals surface area (Å²) in [6, 6.07) is 10.3. The summed E-state index contributed by atoms with van der Waals surface area (Å²) in [6.07, 6.45) is 1.86. The number of piperazine rings is 1. The summed E-state index contributed by atoms with van der Waals surface area (Å²) >= 11 is 0. The first kappa shape index (κ1) is 17.2. The van der Waals surface area contributed by atoms with Crippen molar-refractivity contribution in [2.24, 2.45) is 0 Å². The number of benzene rings is 1. The minimum Gasteiger partial charge on any atom is -0.444 e. The Labute approximate surface area is 144 Å². The van der Waals surface area contributed by atoms with E-state index in [9.17, 15) is 9.90 Å². The van der Waals surface area contributed by atoms with E-state index in [1.165, 1.54) is 5.56 Å². The number of hydrogen-bond donors (Lipinski definition) is 1. The summed E-state index contributed by atoms with van der Waals surface area (Å²) in [5.74, 6) is 0. The maximum atomic E-state index is 12.5. The van der Waals surface area contributed by atoms with Gasteiger partial charge < -0.3 is 14.7 Å². The normalized spacial score (nSPS) is 23.3. The zero-order valence-electron chi connectivity index (χ0n) is 14.9. The number of ether oxygens (including phenoxy) is 1. The average Bonchev–Trinajstić information content (AvgIpc) is 3.28. The van der Waals surface area contributed by atoms with Crippen LogP contribution in [0.2, 0.25) is 0 Å². The van der Waals surface area contributed by atoms with Gasteiger partial charge in [0.2, 0.25) is 0 Å². The molecular weight excluding hydrogens is 304 g/mol. The van der Waals surface area contributed by atoms with Gasteiger partial charge in [-0.3, -0.25) is 4.90 Å². The third-order valence-electron chi connectivity index (χ3n) is 4.85. The molecule has 1 aliphatic heterocycles. The summed E-state index contributed by atoms with van der Waals surface area (Å²) in [7, 11) is 0. The number of amides is 1. The Hall–Kier alpha value is -1.59. The molecule has 1 N–H and O–H groups in total. The lowest BCUT2D eigenvalue weighted by molar-refractivity contribution is -0.0362. The standard InChI is InChI=1S/C19H28N2O3/c1-18(2,3)24-17(23)20-12-16(13-22)21(19(14-20)9-10-19)11-15-7-5-4-6-8-15/h4-8,16,22H,9-14H2,1-3H3/t16-/m0/s1. The molecule has 0 aromatic heterocycles. The first-order valence-corrected chi connectivity index (χ1v) is 8.72. The Kier molecular flexibility index (Phi) is 4.58. The van der Waals surface area contributed by atoms with Gasteiger partial charge in [-0.2, -0.15) is 0 Å². The van der Waals surface area contributed by atoms with Crippen LogP contribution in [0, 0.1) is 0 Å². The molecule has 1 heterocycles. The molecule has 1 aromatic rings. The fourth-order valence-corrected chi connectivity index (χ4v) is 3.54. The number of aliphatic hydroxyl groups excluding tert-OH is 1. The Balaban J connectivity index is 1.74.